The van der Waals surface area contributed by atoms with Crippen LogP contribution in [0.5, 0.6) is 0 Å². The van der Waals surface area contributed by atoms with Gasteiger partial charge in [-0.05, 0) is 24.6 Å². The zero-order valence-corrected chi connectivity index (χ0v) is 9.44. The zero-order valence-electron chi connectivity index (χ0n) is 9.44. The van der Waals surface area contributed by atoms with Gasteiger partial charge < -0.3 is 5.32 Å². The summed E-state index contributed by atoms with van der Waals surface area (Å²) in [6.07, 6.45) is 4.37. The highest BCUT2D eigenvalue weighted by Crippen LogP contribution is 2.10. The van der Waals surface area contributed by atoms with Crippen molar-refractivity contribution in [2.45, 2.75) is 13.3 Å². The molecular formula is C12H14N4. The summed E-state index contributed by atoms with van der Waals surface area (Å²) >= 11 is 0. The van der Waals surface area contributed by atoms with E-state index in [0.29, 0.717) is 5.95 Å². The van der Waals surface area contributed by atoms with Crippen LogP contribution in [0.25, 0.3) is 0 Å². The van der Waals surface area contributed by atoms with E-state index in [1.807, 2.05) is 38.4 Å². The summed E-state index contributed by atoms with van der Waals surface area (Å²) in [7, 11) is 1.81. The summed E-state index contributed by atoms with van der Waals surface area (Å²) in [5.74, 6) is 0.650. The summed E-state index contributed by atoms with van der Waals surface area (Å²) in [5.41, 5.74) is 3.12. The topological polar surface area (TPSA) is 50.7 Å². The van der Waals surface area contributed by atoms with Crippen LogP contribution < -0.4 is 5.32 Å². The van der Waals surface area contributed by atoms with E-state index in [1.165, 1.54) is 0 Å². The average Bonchev–Trinajstić information content (AvgIpc) is 2.33. The Morgan fingerprint density at radius 1 is 1.25 bits per heavy atom. The van der Waals surface area contributed by atoms with Crippen molar-refractivity contribution >= 4 is 5.95 Å². The molecule has 0 spiro atoms. The van der Waals surface area contributed by atoms with Crippen LogP contribution in [-0.4, -0.2) is 22.0 Å². The van der Waals surface area contributed by atoms with E-state index >= 15 is 0 Å². The molecular weight excluding hydrogens is 200 g/mol. The number of pyridine rings is 1. The van der Waals surface area contributed by atoms with Crippen molar-refractivity contribution < 1.29 is 0 Å². The van der Waals surface area contributed by atoms with Gasteiger partial charge in [-0.15, -0.1) is 0 Å². The first kappa shape index (κ1) is 10.5. The molecule has 2 heterocycles. The number of nitrogens with one attached hydrogen (secondary N) is 1. The second kappa shape index (κ2) is 4.70. The third-order valence-corrected chi connectivity index (χ3v) is 2.37. The Bertz CT molecular complexity index is 468. The van der Waals surface area contributed by atoms with E-state index in [2.05, 4.69) is 20.3 Å². The molecule has 2 aromatic heterocycles. The van der Waals surface area contributed by atoms with Gasteiger partial charge in [0.25, 0.3) is 0 Å². The van der Waals surface area contributed by atoms with Crippen molar-refractivity contribution in [3.8, 4) is 0 Å². The van der Waals surface area contributed by atoms with Crippen molar-refractivity contribution in [1.29, 1.82) is 0 Å². The molecule has 0 aliphatic carbocycles. The SMILES string of the molecule is CNc1ncc(C)c(Cc2ccccn2)n1. The third kappa shape index (κ3) is 2.34. The molecule has 16 heavy (non-hydrogen) atoms. The minimum absolute atomic E-state index is 0.650. The second-order valence-electron chi connectivity index (χ2n) is 3.57. The molecule has 2 aromatic rings. The van der Waals surface area contributed by atoms with Crippen molar-refractivity contribution in [3.63, 3.8) is 0 Å². The van der Waals surface area contributed by atoms with E-state index in [9.17, 15) is 0 Å². The fraction of sp³-hybridized carbons (Fsp3) is 0.250. The van der Waals surface area contributed by atoms with E-state index < -0.39 is 0 Å². The lowest BCUT2D eigenvalue weighted by molar-refractivity contribution is 0.964. The van der Waals surface area contributed by atoms with Crippen LogP contribution in [0.1, 0.15) is 17.0 Å². The predicted molar refractivity (Wildman–Crippen MR) is 63.4 cm³/mol. The number of hydrogen-bond acceptors (Lipinski definition) is 4. The van der Waals surface area contributed by atoms with Crippen LogP contribution in [0.3, 0.4) is 0 Å². The van der Waals surface area contributed by atoms with E-state index in [1.54, 1.807) is 6.20 Å². The zero-order chi connectivity index (χ0) is 11.4. The van der Waals surface area contributed by atoms with Crippen LogP contribution in [0, 0.1) is 6.92 Å². The molecule has 0 fully saturated rings. The van der Waals surface area contributed by atoms with Crippen LogP contribution in [0.4, 0.5) is 5.95 Å². The van der Waals surface area contributed by atoms with Crippen molar-refractivity contribution in [2.24, 2.45) is 0 Å². The maximum Gasteiger partial charge on any atom is 0.222 e. The molecule has 0 unspecified atom stereocenters. The van der Waals surface area contributed by atoms with E-state index in [-0.39, 0.29) is 0 Å². The predicted octanol–water partition coefficient (Wildman–Crippen LogP) is 1.81. The lowest BCUT2D eigenvalue weighted by Crippen LogP contribution is -2.03. The van der Waals surface area contributed by atoms with Gasteiger partial charge in [0, 0.05) is 31.6 Å². The Balaban J connectivity index is 2.27. The summed E-state index contributed by atoms with van der Waals surface area (Å²) in [6.45, 7) is 2.01. The van der Waals surface area contributed by atoms with Gasteiger partial charge in [-0.3, -0.25) is 4.98 Å². The van der Waals surface area contributed by atoms with Crippen LogP contribution in [0.15, 0.2) is 30.6 Å². The highest BCUT2D eigenvalue weighted by molar-refractivity contribution is 5.30. The Morgan fingerprint density at radius 3 is 2.81 bits per heavy atom. The van der Waals surface area contributed by atoms with Gasteiger partial charge in [0.15, 0.2) is 0 Å². The molecule has 0 amide bonds. The van der Waals surface area contributed by atoms with Crippen LogP contribution in [0.2, 0.25) is 0 Å². The van der Waals surface area contributed by atoms with Crippen molar-refractivity contribution in [1.82, 2.24) is 15.0 Å². The van der Waals surface area contributed by atoms with Gasteiger partial charge in [0.05, 0.1) is 5.69 Å². The van der Waals surface area contributed by atoms with E-state index in [4.69, 9.17) is 0 Å². The number of rotatable bonds is 3. The summed E-state index contributed by atoms with van der Waals surface area (Å²) < 4.78 is 0. The highest BCUT2D eigenvalue weighted by atomic mass is 15.1. The summed E-state index contributed by atoms with van der Waals surface area (Å²) in [5, 5.41) is 2.94. The molecule has 82 valence electrons. The van der Waals surface area contributed by atoms with Crippen molar-refractivity contribution in [3.05, 3.63) is 47.5 Å². The first-order valence-corrected chi connectivity index (χ1v) is 5.20. The summed E-state index contributed by atoms with van der Waals surface area (Å²) in [6, 6.07) is 5.90. The fourth-order valence-electron chi connectivity index (χ4n) is 1.45. The largest absolute Gasteiger partial charge is 0.357 e. The molecule has 0 atom stereocenters. The van der Waals surface area contributed by atoms with Gasteiger partial charge in [-0.2, -0.15) is 0 Å². The maximum absolute atomic E-state index is 4.42. The molecule has 4 heteroatoms. The smallest absolute Gasteiger partial charge is 0.222 e. The number of aromatic nitrogens is 3. The Kier molecular flexibility index (Phi) is 3.10. The third-order valence-electron chi connectivity index (χ3n) is 2.37. The normalized spacial score (nSPS) is 10.1. The van der Waals surface area contributed by atoms with Gasteiger partial charge in [-0.25, -0.2) is 9.97 Å². The quantitative estimate of drug-likeness (QED) is 0.846. The lowest BCUT2D eigenvalue weighted by Gasteiger charge is -2.06. The number of hydrogen-bond donors (Lipinski definition) is 1. The molecule has 0 bridgehead atoms. The first-order valence-electron chi connectivity index (χ1n) is 5.20. The number of anilines is 1. The maximum atomic E-state index is 4.42. The minimum atomic E-state index is 0.650. The van der Waals surface area contributed by atoms with Gasteiger partial charge in [0.1, 0.15) is 0 Å². The molecule has 0 saturated heterocycles. The molecule has 1 N–H and O–H groups in total. The number of aryl methyl sites for hydroxylation is 1. The molecule has 0 aliphatic heterocycles. The molecule has 0 saturated carbocycles. The molecule has 4 nitrogen and oxygen atoms in total. The van der Waals surface area contributed by atoms with Gasteiger partial charge >= 0.3 is 0 Å². The van der Waals surface area contributed by atoms with Crippen molar-refractivity contribution in [2.75, 3.05) is 12.4 Å². The molecule has 2 rings (SSSR count). The Morgan fingerprint density at radius 2 is 2.12 bits per heavy atom. The van der Waals surface area contributed by atoms with Crippen LogP contribution >= 0.6 is 0 Å². The first-order chi connectivity index (χ1) is 7.79. The Hall–Kier alpha value is -1.97. The average molecular weight is 214 g/mol. The van der Waals surface area contributed by atoms with Crippen LogP contribution in [-0.2, 0) is 6.42 Å². The Labute approximate surface area is 94.8 Å². The van der Waals surface area contributed by atoms with Gasteiger partial charge in [-0.1, -0.05) is 6.07 Å². The summed E-state index contributed by atoms with van der Waals surface area (Å²) in [4.78, 5) is 12.9. The number of nitrogens with zero attached hydrogens (tertiary/aromatic N) is 3. The minimum Gasteiger partial charge on any atom is -0.357 e. The lowest BCUT2D eigenvalue weighted by atomic mass is 10.1. The molecule has 0 aromatic carbocycles. The fourth-order valence-corrected chi connectivity index (χ4v) is 1.45. The molecule has 0 radical (unpaired) electrons. The molecule has 0 aliphatic rings. The van der Waals surface area contributed by atoms with E-state index in [0.717, 1.165) is 23.4 Å². The monoisotopic (exact) mass is 214 g/mol. The standard InChI is InChI=1S/C12H14N4/c1-9-8-15-12(13-2)16-11(9)7-10-5-3-4-6-14-10/h3-6,8H,7H2,1-2H3,(H,13,15,16). The van der Waals surface area contributed by atoms with Gasteiger partial charge in [0.2, 0.25) is 5.95 Å². The highest BCUT2D eigenvalue weighted by Gasteiger charge is 2.04. The second-order valence-corrected chi connectivity index (χ2v) is 3.57.